The van der Waals surface area contributed by atoms with E-state index < -0.39 is 11.7 Å². The number of pyridine rings is 1. The SMILES string of the molecule is C[C@@H](NC(=O)c1ccc(-c2cc([C@H]3CC[C@@H](O)CC3)cnc2N)cc1F)c1cccc(Cl)c1. The molecule has 0 bridgehead atoms. The topological polar surface area (TPSA) is 88.2 Å². The van der Waals surface area contributed by atoms with Gasteiger partial charge in [-0.15, -0.1) is 0 Å². The minimum atomic E-state index is -0.631. The number of hydrogen-bond acceptors (Lipinski definition) is 4. The number of hydrogen-bond donors (Lipinski definition) is 3. The summed E-state index contributed by atoms with van der Waals surface area (Å²) in [5, 5.41) is 13.2. The summed E-state index contributed by atoms with van der Waals surface area (Å²) in [4.78, 5) is 17.0. The van der Waals surface area contributed by atoms with Gasteiger partial charge in [-0.3, -0.25) is 4.79 Å². The Kier molecular flexibility index (Phi) is 6.96. The van der Waals surface area contributed by atoms with E-state index >= 15 is 0 Å². The van der Waals surface area contributed by atoms with E-state index in [1.54, 1.807) is 30.5 Å². The quantitative estimate of drug-likeness (QED) is 0.453. The van der Waals surface area contributed by atoms with Crippen molar-refractivity contribution in [3.8, 4) is 11.1 Å². The van der Waals surface area contributed by atoms with E-state index in [4.69, 9.17) is 17.3 Å². The van der Waals surface area contributed by atoms with Gasteiger partial charge in [0.15, 0.2) is 0 Å². The van der Waals surface area contributed by atoms with Crippen LogP contribution in [0.1, 0.15) is 66.1 Å². The maximum absolute atomic E-state index is 15.0. The Balaban J connectivity index is 1.53. The normalized spacial score (nSPS) is 19.2. The molecule has 0 radical (unpaired) electrons. The summed E-state index contributed by atoms with van der Waals surface area (Å²) in [5.74, 6) is -0.537. The molecule has 1 amide bonds. The van der Waals surface area contributed by atoms with Crippen molar-refractivity contribution < 1.29 is 14.3 Å². The lowest BCUT2D eigenvalue weighted by molar-refractivity contribution is 0.0935. The molecule has 0 unspecified atom stereocenters. The van der Waals surface area contributed by atoms with Crippen LogP contribution in [-0.2, 0) is 0 Å². The summed E-state index contributed by atoms with van der Waals surface area (Å²) in [6, 6.07) is 13.3. The molecule has 5 nitrogen and oxygen atoms in total. The summed E-state index contributed by atoms with van der Waals surface area (Å²) >= 11 is 6.02. The Hall–Kier alpha value is -2.96. The highest BCUT2D eigenvalue weighted by Crippen LogP contribution is 2.36. The first-order chi connectivity index (χ1) is 15.8. The number of nitrogens with zero attached hydrogens (tertiary/aromatic N) is 1. The third kappa shape index (κ3) is 5.34. The van der Waals surface area contributed by atoms with E-state index in [1.807, 2.05) is 19.1 Å². The fraction of sp³-hybridized carbons (Fsp3) is 0.308. The maximum atomic E-state index is 15.0. The van der Waals surface area contributed by atoms with E-state index in [-0.39, 0.29) is 17.7 Å². The Morgan fingerprint density at radius 1 is 1.18 bits per heavy atom. The van der Waals surface area contributed by atoms with E-state index in [1.165, 1.54) is 12.1 Å². The van der Waals surface area contributed by atoms with Crippen LogP contribution in [0.3, 0.4) is 0 Å². The molecule has 0 saturated heterocycles. The number of nitrogen functional groups attached to an aromatic ring is 1. The summed E-state index contributed by atoms with van der Waals surface area (Å²) in [5.41, 5.74) is 9.12. The number of halogens is 2. The maximum Gasteiger partial charge on any atom is 0.254 e. The lowest BCUT2D eigenvalue weighted by Gasteiger charge is -2.26. The number of nitrogens with one attached hydrogen (secondary N) is 1. The first-order valence-corrected chi connectivity index (χ1v) is 11.5. The molecule has 7 heteroatoms. The van der Waals surface area contributed by atoms with Crippen LogP contribution in [-0.4, -0.2) is 22.1 Å². The van der Waals surface area contributed by atoms with Gasteiger partial charge >= 0.3 is 0 Å². The highest BCUT2D eigenvalue weighted by Gasteiger charge is 2.22. The van der Waals surface area contributed by atoms with Gasteiger partial charge in [-0.1, -0.05) is 29.8 Å². The number of benzene rings is 2. The van der Waals surface area contributed by atoms with Crippen molar-refractivity contribution in [2.75, 3.05) is 5.73 Å². The average molecular weight is 468 g/mol. The number of rotatable bonds is 5. The molecule has 1 aliphatic rings. The van der Waals surface area contributed by atoms with E-state index in [2.05, 4.69) is 10.3 Å². The van der Waals surface area contributed by atoms with Crippen LogP contribution in [0.15, 0.2) is 54.7 Å². The van der Waals surface area contributed by atoms with Crippen molar-refractivity contribution in [2.45, 2.75) is 50.7 Å². The third-order valence-corrected chi connectivity index (χ3v) is 6.56. The highest BCUT2D eigenvalue weighted by atomic mass is 35.5. The number of carbonyl (C=O) groups is 1. The van der Waals surface area contributed by atoms with Crippen LogP contribution >= 0.6 is 11.6 Å². The third-order valence-electron chi connectivity index (χ3n) is 6.33. The number of nitrogens with two attached hydrogens (primary N) is 1. The van der Waals surface area contributed by atoms with Gasteiger partial charge < -0.3 is 16.2 Å². The minimum absolute atomic E-state index is 0.0448. The van der Waals surface area contributed by atoms with E-state index in [0.29, 0.717) is 27.9 Å². The van der Waals surface area contributed by atoms with Crippen LogP contribution in [0.2, 0.25) is 5.02 Å². The van der Waals surface area contributed by atoms with E-state index in [9.17, 15) is 14.3 Å². The highest BCUT2D eigenvalue weighted by molar-refractivity contribution is 6.30. The Bertz CT molecular complexity index is 1160. The number of aliphatic hydroxyl groups is 1. The van der Waals surface area contributed by atoms with Gasteiger partial charge in [0.1, 0.15) is 11.6 Å². The van der Waals surface area contributed by atoms with Gasteiger partial charge in [-0.05, 0) is 85.5 Å². The Labute approximate surface area is 197 Å². The molecule has 33 heavy (non-hydrogen) atoms. The molecular formula is C26H27ClFN3O2. The van der Waals surface area contributed by atoms with Crippen molar-refractivity contribution in [2.24, 2.45) is 0 Å². The van der Waals surface area contributed by atoms with Gasteiger partial charge in [0.05, 0.1) is 17.7 Å². The van der Waals surface area contributed by atoms with Gasteiger partial charge in [0, 0.05) is 16.8 Å². The van der Waals surface area contributed by atoms with Crippen LogP contribution in [0, 0.1) is 5.82 Å². The number of carbonyl (C=O) groups excluding carboxylic acids is 1. The fourth-order valence-corrected chi connectivity index (χ4v) is 4.55. The fourth-order valence-electron chi connectivity index (χ4n) is 4.36. The molecule has 172 valence electrons. The number of aromatic nitrogens is 1. The zero-order valence-electron chi connectivity index (χ0n) is 18.4. The molecule has 1 fully saturated rings. The standard InChI is InChI=1S/C26H27ClFN3O2/c1-15(17-3-2-4-20(27)11-17)31-26(33)22-10-7-18(13-24(22)28)23-12-19(14-30-25(23)29)16-5-8-21(32)9-6-16/h2-4,7,10-16,21,32H,5-6,8-9H2,1H3,(H2,29,30)(H,31,33)/t15-,16-,21+/m1/s1. The molecule has 3 aromatic rings. The first-order valence-electron chi connectivity index (χ1n) is 11.1. The van der Waals surface area contributed by atoms with Gasteiger partial charge in [-0.25, -0.2) is 9.37 Å². The van der Waals surface area contributed by atoms with Crippen LogP contribution in [0.5, 0.6) is 0 Å². The molecule has 1 heterocycles. The second-order valence-electron chi connectivity index (χ2n) is 8.65. The van der Waals surface area contributed by atoms with Gasteiger partial charge in [-0.2, -0.15) is 0 Å². The first kappa shape index (κ1) is 23.2. The zero-order valence-corrected chi connectivity index (χ0v) is 19.1. The summed E-state index contributed by atoms with van der Waals surface area (Å²) in [6.07, 6.45) is 4.80. The molecule has 1 aromatic heterocycles. The largest absolute Gasteiger partial charge is 0.393 e. The average Bonchev–Trinajstić information content (AvgIpc) is 2.80. The second kappa shape index (κ2) is 9.89. The van der Waals surface area contributed by atoms with E-state index in [0.717, 1.165) is 36.8 Å². The predicted molar refractivity (Wildman–Crippen MR) is 129 cm³/mol. The van der Waals surface area contributed by atoms with Crippen molar-refractivity contribution >= 4 is 23.3 Å². The lowest BCUT2D eigenvalue weighted by Crippen LogP contribution is -2.27. The van der Waals surface area contributed by atoms with Crippen molar-refractivity contribution in [3.63, 3.8) is 0 Å². The Morgan fingerprint density at radius 3 is 2.64 bits per heavy atom. The Morgan fingerprint density at radius 2 is 1.94 bits per heavy atom. The predicted octanol–water partition coefficient (Wildman–Crippen LogP) is 5.63. The molecule has 2 aromatic carbocycles. The number of anilines is 1. The van der Waals surface area contributed by atoms with Crippen molar-refractivity contribution in [3.05, 3.63) is 82.3 Å². The molecule has 1 aliphatic carbocycles. The summed E-state index contributed by atoms with van der Waals surface area (Å²) < 4.78 is 15.0. The van der Waals surface area contributed by atoms with Crippen LogP contribution < -0.4 is 11.1 Å². The van der Waals surface area contributed by atoms with Crippen LogP contribution in [0.4, 0.5) is 10.2 Å². The molecule has 1 atom stereocenters. The lowest BCUT2D eigenvalue weighted by atomic mass is 9.83. The number of amides is 1. The van der Waals surface area contributed by atoms with Crippen molar-refractivity contribution in [1.82, 2.24) is 10.3 Å². The molecule has 4 N–H and O–H groups in total. The van der Waals surface area contributed by atoms with Gasteiger partial charge in [0.2, 0.25) is 0 Å². The summed E-state index contributed by atoms with van der Waals surface area (Å²) in [6.45, 7) is 1.82. The molecular weight excluding hydrogens is 441 g/mol. The molecule has 1 saturated carbocycles. The second-order valence-corrected chi connectivity index (χ2v) is 9.09. The van der Waals surface area contributed by atoms with Gasteiger partial charge in [0.25, 0.3) is 5.91 Å². The molecule has 0 spiro atoms. The monoisotopic (exact) mass is 467 g/mol. The number of aliphatic hydroxyl groups excluding tert-OH is 1. The summed E-state index contributed by atoms with van der Waals surface area (Å²) in [7, 11) is 0. The van der Waals surface area contributed by atoms with Crippen molar-refractivity contribution in [1.29, 1.82) is 0 Å². The molecule has 0 aliphatic heterocycles. The zero-order chi connectivity index (χ0) is 23.5. The smallest absolute Gasteiger partial charge is 0.254 e. The molecule has 4 rings (SSSR count). The van der Waals surface area contributed by atoms with Crippen LogP contribution in [0.25, 0.3) is 11.1 Å². The minimum Gasteiger partial charge on any atom is -0.393 e.